The van der Waals surface area contributed by atoms with Gasteiger partial charge in [-0.3, -0.25) is 4.90 Å². The molecule has 1 aliphatic rings. The largest absolute Gasteiger partial charge is 0.367 e. The first-order valence-corrected chi connectivity index (χ1v) is 8.54. The van der Waals surface area contributed by atoms with Gasteiger partial charge in [0.1, 0.15) is 6.10 Å². The summed E-state index contributed by atoms with van der Waals surface area (Å²) in [6, 6.07) is 21.4. The maximum Gasteiger partial charge on any atom is 0.108 e. The van der Waals surface area contributed by atoms with E-state index in [0.29, 0.717) is 6.04 Å². The first kappa shape index (κ1) is 16.2. The Labute approximate surface area is 139 Å². The second-order valence-electron chi connectivity index (χ2n) is 6.14. The first-order chi connectivity index (χ1) is 11.4. The fourth-order valence-electron chi connectivity index (χ4n) is 3.38. The molecule has 0 unspecified atom stereocenters. The van der Waals surface area contributed by atoms with Gasteiger partial charge in [0, 0.05) is 19.1 Å². The van der Waals surface area contributed by atoms with Gasteiger partial charge in [-0.05, 0) is 30.5 Å². The number of hydrogen-bond donors (Lipinski definition) is 1. The summed E-state index contributed by atoms with van der Waals surface area (Å²) in [5, 5.41) is 0. The van der Waals surface area contributed by atoms with Crippen molar-refractivity contribution in [3.8, 4) is 0 Å². The Kier molecular flexibility index (Phi) is 5.81. The van der Waals surface area contributed by atoms with Gasteiger partial charge in [0.2, 0.25) is 0 Å². The molecule has 122 valence electrons. The van der Waals surface area contributed by atoms with E-state index in [9.17, 15) is 0 Å². The van der Waals surface area contributed by atoms with Gasteiger partial charge in [-0.2, -0.15) is 0 Å². The number of hydrogen-bond acceptors (Lipinski definition) is 3. The Morgan fingerprint density at radius 2 is 1.61 bits per heavy atom. The number of ether oxygens (including phenoxy) is 1. The molecule has 2 aromatic carbocycles. The zero-order valence-corrected chi connectivity index (χ0v) is 13.6. The molecule has 0 bridgehead atoms. The molecule has 3 heteroatoms. The molecule has 0 amide bonds. The first-order valence-electron chi connectivity index (χ1n) is 8.54. The molecule has 0 radical (unpaired) electrons. The molecule has 1 saturated heterocycles. The van der Waals surface area contributed by atoms with E-state index in [1.807, 2.05) is 12.1 Å². The maximum atomic E-state index is 6.29. The third kappa shape index (κ3) is 4.20. The SMILES string of the molecule is NC[C@@H]1CCCN1CCOC(c1ccccc1)c1ccccc1. The summed E-state index contributed by atoms with van der Waals surface area (Å²) in [7, 11) is 0. The lowest BCUT2D eigenvalue weighted by molar-refractivity contribution is 0.0578. The Morgan fingerprint density at radius 1 is 1.00 bits per heavy atom. The summed E-state index contributed by atoms with van der Waals surface area (Å²) in [4.78, 5) is 2.47. The Hall–Kier alpha value is -1.68. The topological polar surface area (TPSA) is 38.5 Å². The third-order valence-electron chi connectivity index (χ3n) is 4.64. The quantitative estimate of drug-likeness (QED) is 0.853. The molecule has 2 aromatic rings. The summed E-state index contributed by atoms with van der Waals surface area (Å²) >= 11 is 0. The van der Waals surface area contributed by atoms with E-state index < -0.39 is 0 Å². The molecule has 0 aliphatic carbocycles. The molecule has 1 heterocycles. The molecular formula is C20H26N2O. The fourth-order valence-corrected chi connectivity index (χ4v) is 3.38. The molecule has 1 atom stereocenters. The second-order valence-corrected chi connectivity index (χ2v) is 6.14. The average Bonchev–Trinajstić information content (AvgIpc) is 3.08. The number of rotatable bonds is 7. The zero-order valence-electron chi connectivity index (χ0n) is 13.6. The van der Waals surface area contributed by atoms with Crippen LogP contribution in [0.3, 0.4) is 0 Å². The molecule has 23 heavy (non-hydrogen) atoms. The minimum absolute atomic E-state index is 0.00340. The van der Waals surface area contributed by atoms with Crippen LogP contribution in [0.4, 0.5) is 0 Å². The number of benzene rings is 2. The van der Waals surface area contributed by atoms with Crippen molar-refractivity contribution in [2.75, 3.05) is 26.2 Å². The lowest BCUT2D eigenvalue weighted by Gasteiger charge is -2.25. The molecule has 3 rings (SSSR count). The van der Waals surface area contributed by atoms with Gasteiger partial charge in [-0.15, -0.1) is 0 Å². The smallest absolute Gasteiger partial charge is 0.108 e. The lowest BCUT2D eigenvalue weighted by atomic mass is 10.0. The van der Waals surface area contributed by atoms with E-state index in [-0.39, 0.29) is 6.10 Å². The highest BCUT2D eigenvalue weighted by Gasteiger charge is 2.23. The average molecular weight is 310 g/mol. The van der Waals surface area contributed by atoms with E-state index in [1.54, 1.807) is 0 Å². The van der Waals surface area contributed by atoms with Crippen LogP contribution >= 0.6 is 0 Å². The summed E-state index contributed by atoms with van der Waals surface area (Å²) in [6.45, 7) is 3.58. The Balaban J connectivity index is 1.65. The predicted molar refractivity (Wildman–Crippen MR) is 94.3 cm³/mol. The Bertz CT molecular complexity index is 533. The summed E-state index contributed by atoms with van der Waals surface area (Å²) in [5.41, 5.74) is 8.26. The molecular weight excluding hydrogens is 284 g/mol. The van der Waals surface area contributed by atoms with Crippen molar-refractivity contribution >= 4 is 0 Å². The van der Waals surface area contributed by atoms with E-state index in [2.05, 4.69) is 53.4 Å². The van der Waals surface area contributed by atoms with E-state index in [0.717, 1.165) is 26.2 Å². The van der Waals surface area contributed by atoms with Gasteiger partial charge >= 0.3 is 0 Å². The van der Waals surface area contributed by atoms with E-state index in [4.69, 9.17) is 10.5 Å². The molecule has 3 nitrogen and oxygen atoms in total. The van der Waals surface area contributed by atoms with Crippen molar-refractivity contribution in [1.82, 2.24) is 4.90 Å². The fraction of sp³-hybridized carbons (Fsp3) is 0.400. The van der Waals surface area contributed by atoms with Crippen molar-refractivity contribution < 1.29 is 4.74 Å². The molecule has 1 aliphatic heterocycles. The van der Waals surface area contributed by atoms with Crippen LogP contribution in [0.15, 0.2) is 60.7 Å². The van der Waals surface area contributed by atoms with E-state index >= 15 is 0 Å². The zero-order chi connectivity index (χ0) is 15.9. The van der Waals surface area contributed by atoms with Crippen LogP contribution in [0.25, 0.3) is 0 Å². The highest BCUT2D eigenvalue weighted by atomic mass is 16.5. The summed E-state index contributed by atoms with van der Waals surface area (Å²) in [6.07, 6.45) is 2.47. The minimum atomic E-state index is -0.00340. The van der Waals surface area contributed by atoms with Crippen LogP contribution in [0.5, 0.6) is 0 Å². The van der Waals surface area contributed by atoms with Gasteiger partial charge in [0.25, 0.3) is 0 Å². The van der Waals surface area contributed by atoms with Crippen molar-refractivity contribution in [3.63, 3.8) is 0 Å². The van der Waals surface area contributed by atoms with Gasteiger partial charge < -0.3 is 10.5 Å². The summed E-state index contributed by atoms with van der Waals surface area (Å²) in [5.74, 6) is 0. The monoisotopic (exact) mass is 310 g/mol. The van der Waals surface area contributed by atoms with Gasteiger partial charge in [0.05, 0.1) is 6.61 Å². The van der Waals surface area contributed by atoms with Crippen LogP contribution in [-0.2, 0) is 4.74 Å². The molecule has 0 spiro atoms. The van der Waals surface area contributed by atoms with Crippen molar-refractivity contribution in [3.05, 3.63) is 71.8 Å². The van der Waals surface area contributed by atoms with E-state index in [1.165, 1.54) is 24.0 Å². The van der Waals surface area contributed by atoms with Crippen molar-refractivity contribution in [2.45, 2.75) is 25.0 Å². The van der Waals surface area contributed by atoms with Gasteiger partial charge in [-0.25, -0.2) is 0 Å². The number of nitrogens with two attached hydrogens (primary N) is 1. The maximum absolute atomic E-state index is 6.29. The van der Waals surface area contributed by atoms with Crippen LogP contribution in [0, 0.1) is 0 Å². The summed E-state index contributed by atoms with van der Waals surface area (Å²) < 4.78 is 6.29. The highest BCUT2D eigenvalue weighted by molar-refractivity contribution is 5.29. The lowest BCUT2D eigenvalue weighted by Crippen LogP contribution is -2.37. The molecule has 2 N–H and O–H groups in total. The number of likely N-dealkylation sites (tertiary alicyclic amines) is 1. The van der Waals surface area contributed by atoms with Crippen LogP contribution in [0.1, 0.15) is 30.1 Å². The standard InChI is InChI=1S/C20H26N2O/c21-16-19-12-7-13-22(19)14-15-23-20(17-8-3-1-4-9-17)18-10-5-2-6-11-18/h1-6,8-11,19-20H,7,12-16,21H2/t19-/m0/s1. The minimum Gasteiger partial charge on any atom is -0.367 e. The predicted octanol–water partition coefficient (Wildman–Crippen LogP) is 3.22. The van der Waals surface area contributed by atoms with Crippen LogP contribution in [0.2, 0.25) is 0 Å². The molecule has 0 aromatic heterocycles. The van der Waals surface area contributed by atoms with Crippen LogP contribution in [-0.4, -0.2) is 37.2 Å². The Morgan fingerprint density at radius 3 is 2.17 bits per heavy atom. The van der Waals surface area contributed by atoms with Crippen molar-refractivity contribution in [2.24, 2.45) is 5.73 Å². The second kappa shape index (κ2) is 8.25. The van der Waals surface area contributed by atoms with Crippen molar-refractivity contribution in [1.29, 1.82) is 0 Å². The van der Waals surface area contributed by atoms with Gasteiger partial charge in [0.15, 0.2) is 0 Å². The number of nitrogens with zero attached hydrogens (tertiary/aromatic N) is 1. The molecule has 0 saturated carbocycles. The van der Waals surface area contributed by atoms with Gasteiger partial charge in [-0.1, -0.05) is 60.7 Å². The molecule has 1 fully saturated rings. The normalized spacial score (nSPS) is 18.6. The highest BCUT2D eigenvalue weighted by Crippen LogP contribution is 2.26. The third-order valence-corrected chi connectivity index (χ3v) is 4.64. The van der Waals surface area contributed by atoms with Crippen LogP contribution < -0.4 is 5.73 Å².